The van der Waals surface area contributed by atoms with Crippen molar-refractivity contribution in [2.45, 2.75) is 26.2 Å². The molecule has 1 rings (SSSR count). The smallest absolute Gasteiger partial charge is 0.341 e. The molecule has 0 spiro atoms. The molecule has 0 amide bonds. The van der Waals surface area contributed by atoms with Gasteiger partial charge in [0.2, 0.25) is 0 Å². The van der Waals surface area contributed by atoms with E-state index in [2.05, 4.69) is 11.3 Å². The average Bonchev–Trinajstić information content (AvgIpc) is 2.55. The zero-order valence-corrected chi connectivity index (χ0v) is 13.3. The molecule has 6 nitrogen and oxygen atoms in total. The summed E-state index contributed by atoms with van der Waals surface area (Å²) in [5, 5.41) is 0. The summed E-state index contributed by atoms with van der Waals surface area (Å²) in [6, 6.07) is 6.23. The van der Waals surface area contributed by atoms with Gasteiger partial charge in [0.1, 0.15) is 11.3 Å². The number of esters is 3. The lowest BCUT2D eigenvalue weighted by atomic mass is 10.2. The largest absolute Gasteiger partial charge is 0.469 e. The van der Waals surface area contributed by atoms with E-state index in [9.17, 15) is 14.4 Å². The van der Waals surface area contributed by atoms with Crippen LogP contribution in [0.1, 0.15) is 36.5 Å². The molecule has 0 aliphatic carbocycles. The molecule has 0 aromatic heterocycles. The normalized spacial score (nSPS) is 9.83. The number of unbranched alkanes of at least 4 members (excludes halogenated alkanes) is 1. The van der Waals surface area contributed by atoms with E-state index in [4.69, 9.17) is 9.47 Å². The number of hydrogen-bond acceptors (Lipinski definition) is 6. The predicted molar refractivity (Wildman–Crippen MR) is 83.0 cm³/mol. The summed E-state index contributed by atoms with van der Waals surface area (Å²) < 4.78 is 14.7. The third-order valence-corrected chi connectivity index (χ3v) is 2.91. The summed E-state index contributed by atoms with van der Waals surface area (Å²) in [4.78, 5) is 35.1. The molecule has 0 atom stereocenters. The fourth-order valence-electron chi connectivity index (χ4n) is 1.60. The summed E-state index contributed by atoms with van der Waals surface area (Å²) >= 11 is 0. The van der Waals surface area contributed by atoms with E-state index >= 15 is 0 Å². The molecule has 0 unspecified atom stereocenters. The Morgan fingerprint density at radius 2 is 1.87 bits per heavy atom. The van der Waals surface area contributed by atoms with Gasteiger partial charge in [0.05, 0.1) is 20.1 Å². The van der Waals surface area contributed by atoms with Crippen molar-refractivity contribution >= 4 is 17.9 Å². The lowest BCUT2D eigenvalue weighted by molar-refractivity contribution is -0.141. The summed E-state index contributed by atoms with van der Waals surface area (Å²) in [6.07, 6.45) is 1.37. The Morgan fingerprint density at radius 1 is 1.17 bits per heavy atom. The van der Waals surface area contributed by atoms with Crippen LogP contribution in [0.2, 0.25) is 0 Å². The highest BCUT2D eigenvalue weighted by Crippen LogP contribution is 2.20. The highest BCUT2D eigenvalue weighted by Gasteiger charge is 2.19. The first-order chi connectivity index (χ1) is 11.0. The molecule has 1 aromatic carbocycles. The maximum absolute atomic E-state index is 12.0. The SMILES string of the molecule is C=C(CC(=O)OC)C(=O)Oc1ccccc1C(=O)OCCCC. The third-order valence-electron chi connectivity index (χ3n) is 2.91. The standard InChI is InChI=1S/C17H20O6/c1-4-5-10-22-17(20)13-8-6-7-9-14(13)23-16(19)12(2)11-15(18)21-3/h6-9H,2,4-5,10-11H2,1,3H3. The second kappa shape index (κ2) is 9.40. The van der Waals surface area contributed by atoms with E-state index in [1.54, 1.807) is 12.1 Å². The molecule has 0 radical (unpaired) electrons. The number of carbonyl (C=O) groups excluding carboxylic acids is 3. The van der Waals surface area contributed by atoms with Gasteiger partial charge in [0.25, 0.3) is 0 Å². The van der Waals surface area contributed by atoms with E-state index in [1.807, 2.05) is 6.92 Å². The molecule has 0 saturated carbocycles. The second-order valence-corrected chi connectivity index (χ2v) is 4.73. The van der Waals surface area contributed by atoms with Crippen LogP contribution < -0.4 is 4.74 Å². The lowest BCUT2D eigenvalue weighted by Gasteiger charge is -2.10. The molecule has 0 bridgehead atoms. The van der Waals surface area contributed by atoms with Gasteiger partial charge in [0.15, 0.2) is 0 Å². The zero-order chi connectivity index (χ0) is 17.2. The minimum absolute atomic E-state index is 0.0602. The molecule has 0 saturated heterocycles. The Hall–Kier alpha value is -2.63. The van der Waals surface area contributed by atoms with Crippen LogP contribution in [0.4, 0.5) is 0 Å². The van der Waals surface area contributed by atoms with Crippen LogP contribution in [0.15, 0.2) is 36.4 Å². The van der Waals surface area contributed by atoms with Crippen molar-refractivity contribution in [2.24, 2.45) is 0 Å². The van der Waals surface area contributed by atoms with Gasteiger partial charge < -0.3 is 14.2 Å². The van der Waals surface area contributed by atoms with E-state index in [-0.39, 0.29) is 23.3 Å². The first-order valence-electron chi connectivity index (χ1n) is 7.22. The van der Waals surface area contributed by atoms with Crippen molar-refractivity contribution in [1.29, 1.82) is 0 Å². The lowest BCUT2D eigenvalue weighted by Crippen LogP contribution is -2.16. The van der Waals surface area contributed by atoms with Crippen LogP contribution in [0, 0.1) is 0 Å². The average molecular weight is 320 g/mol. The Balaban J connectivity index is 2.77. The van der Waals surface area contributed by atoms with Gasteiger partial charge in [-0.25, -0.2) is 9.59 Å². The van der Waals surface area contributed by atoms with Gasteiger partial charge >= 0.3 is 17.9 Å². The second-order valence-electron chi connectivity index (χ2n) is 4.73. The van der Waals surface area contributed by atoms with Crippen molar-refractivity contribution in [2.75, 3.05) is 13.7 Å². The van der Waals surface area contributed by atoms with E-state index in [0.29, 0.717) is 6.61 Å². The van der Waals surface area contributed by atoms with Crippen molar-refractivity contribution < 1.29 is 28.6 Å². The van der Waals surface area contributed by atoms with Crippen molar-refractivity contribution in [3.8, 4) is 5.75 Å². The van der Waals surface area contributed by atoms with Crippen LogP contribution >= 0.6 is 0 Å². The van der Waals surface area contributed by atoms with E-state index in [0.717, 1.165) is 12.8 Å². The Labute approximate surface area is 135 Å². The Kier molecular flexibility index (Phi) is 7.53. The molecular formula is C17H20O6. The number of para-hydroxylation sites is 1. The summed E-state index contributed by atoms with van der Waals surface area (Å²) in [5.41, 5.74) is 0.0776. The number of ether oxygens (including phenoxy) is 3. The molecule has 124 valence electrons. The van der Waals surface area contributed by atoms with Gasteiger partial charge in [0, 0.05) is 5.57 Å². The fourth-order valence-corrected chi connectivity index (χ4v) is 1.60. The highest BCUT2D eigenvalue weighted by atomic mass is 16.6. The maximum Gasteiger partial charge on any atom is 0.341 e. The maximum atomic E-state index is 12.0. The number of methoxy groups -OCH3 is 1. The third kappa shape index (κ3) is 5.94. The minimum atomic E-state index is -0.802. The van der Waals surface area contributed by atoms with Crippen LogP contribution in [-0.4, -0.2) is 31.6 Å². The molecule has 0 aliphatic heterocycles. The number of carbonyl (C=O) groups is 3. The zero-order valence-electron chi connectivity index (χ0n) is 13.3. The van der Waals surface area contributed by atoms with Gasteiger partial charge in [-0.15, -0.1) is 0 Å². The molecule has 1 aromatic rings. The topological polar surface area (TPSA) is 78.9 Å². The predicted octanol–water partition coefficient (Wildman–Crippen LogP) is 2.67. The van der Waals surface area contributed by atoms with Crippen LogP contribution in [0.3, 0.4) is 0 Å². The first kappa shape index (κ1) is 18.4. The van der Waals surface area contributed by atoms with Crippen LogP contribution in [-0.2, 0) is 19.1 Å². The molecule has 0 heterocycles. The molecule has 6 heteroatoms. The molecule has 23 heavy (non-hydrogen) atoms. The Bertz CT molecular complexity index is 591. The first-order valence-corrected chi connectivity index (χ1v) is 7.22. The summed E-state index contributed by atoms with van der Waals surface area (Å²) in [7, 11) is 1.21. The highest BCUT2D eigenvalue weighted by molar-refractivity contribution is 5.97. The van der Waals surface area contributed by atoms with Crippen molar-refractivity contribution in [3.05, 3.63) is 42.0 Å². The molecule has 0 N–H and O–H groups in total. The fraction of sp³-hybridized carbons (Fsp3) is 0.353. The van der Waals surface area contributed by atoms with Crippen LogP contribution in [0.5, 0.6) is 5.75 Å². The van der Waals surface area contributed by atoms with E-state index < -0.39 is 17.9 Å². The molecule has 0 fully saturated rings. The molecule has 0 aliphatic rings. The van der Waals surface area contributed by atoms with Gasteiger partial charge in [-0.1, -0.05) is 32.1 Å². The monoisotopic (exact) mass is 320 g/mol. The summed E-state index contributed by atoms with van der Waals surface area (Å²) in [6.45, 7) is 5.76. The van der Waals surface area contributed by atoms with Crippen molar-refractivity contribution in [1.82, 2.24) is 0 Å². The quantitative estimate of drug-likeness (QED) is 0.317. The van der Waals surface area contributed by atoms with Gasteiger partial charge in [-0.2, -0.15) is 0 Å². The van der Waals surface area contributed by atoms with E-state index in [1.165, 1.54) is 19.2 Å². The number of hydrogen-bond donors (Lipinski definition) is 0. The van der Waals surface area contributed by atoms with Gasteiger partial charge in [-0.05, 0) is 18.6 Å². The number of benzene rings is 1. The number of rotatable bonds is 8. The van der Waals surface area contributed by atoms with Crippen LogP contribution in [0.25, 0.3) is 0 Å². The Morgan fingerprint density at radius 3 is 2.52 bits per heavy atom. The van der Waals surface area contributed by atoms with Gasteiger partial charge in [-0.3, -0.25) is 4.79 Å². The minimum Gasteiger partial charge on any atom is -0.469 e. The van der Waals surface area contributed by atoms with Crippen molar-refractivity contribution in [3.63, 3.8) is 0 Å². The molecular weight excluding hydrogens is 300 g/mol. The summed E-state index contributed by atoms with van der Waals surface area (Å²) in [5.74, 6) is -1.91.